The predicted octanol–water partition coefficient (Wildman–Crippen LogP) is 23.5. The molecule has 12 rings (SSSR count). The molecule has 0 unspecified atom stereocenters. The smallest absolute Gasteiger partial charge is 0.411 e. The molecule has 0 radical (unpaired) electrons. The van der Waals surface area contributed by atoms with Crippen LogP contribution in [0.25, 0.3) is 11.1 Å². The molecule has 0 saturated heterocycles. The summed E-state index contributed by atoms with van der Waals surface area (Å²) in [6, 6.07) is 65.8. The number of halogens is 12. The molecule has 0 aromatic heterocycles. The Morgan fingerprint density at radius 1 is 0.287 bits per heavy atom. The van der Waals surface area contributed by atoms with E-state index in [4.69, 9.17) is 18.9 Å². The lowest BCUT2D eigenvalue weighted by atomic mass is 9.73. The van der Waals surface area contributed by atoms with Crippen molar-refractivity contribution in [2.75, 3.05) is 6.61 Å². The van der Waals surface area contributed by atoms with E-state index in [1.165, 1.54) is 72.8 Å². The number of aryl methyl sites for hydroxylation is 3. The average Bonchev–Trinajstić information content (AvgIpc) is 0.722. The van der Waals surface area contributed by atoms with Crippen molar-refractivity contribution in [1.29, 1.82) is 0 Å². The van der Waals surface area contributed by atoms with Crippen molar-refractivity contribution in [2.24, 2.45) is 0 Å². The Hall–Kier alpha value is -12.3. The first-order valence-corrected chi connectivity index (χ1v) is 33.8. The zero-order valence-electron chi connectivity index (χ0n) is 57.3. The second-order valence-electron chi connectivity index (χ2n) is 25.6. The number of carbonyl (C=O) groups is 4. The minimum atomic E-state index is -5.88. The molecule has 12 aromatic rings. The van der Waals surface area contributed by atoms with Crippen LogP contribution in [0.5, 0.6) is 40.2 Å². The third kappa shape index (κ3) is 15.9. The van der Waals surface area contributed by atoms with E-state index in [1.807, 2.05) is 38.1 Å². The summed E-state index contributed by atoms with van der Waals surface area (Å²) >= 11 is 0. The topological polar surface area (TPSA) is 105 Å². The Morgan fingerprint density at radius 3 is 0.917 bits per heavy atom. The van der Waals surface area contributed by atoms with Crippen molar-refractivity contribution >= 4 is 23.1 Å². The van der Waals surface area contributed by atoms with Gasteiger partial charge in [-0.15, -0.1) is 0 Å². The highest BCUT2D eigenvalue weighted by Crippen LogP contribution is 2.58. The highest BCUT2D eigenvalue weighted by atomic mass is 19.4. The Labute approximate surface area is 612 Å². The van der Waals surface area contributed by atoms with E-state index in [-0.39, 0.29) is 81.1 Å². The van der Waals surface area contributed by atoms with Crippen molar-refractivity contribution in [3.63, 3.8) is 0 Å². The Morgan fingerprint density at radius 2 is 0.574 bits per heavy atom. The lowest BCUT2D eigenvalue weighted by molar-refractivity contribution is -0.290. The number of hydrogen-bond acceptors (Lipinski definition) is 8. The fraction of sp³-hybridized carbons (Fsp3) is 0.136. The first-order valence-electron chi connectivity index (χ1n) is 33.8. The fourth-order valence-electron chi connectivity index (χ4n) is 12.8. The van der Waals surface area contributed by atoms with Gasteiger partial charge in [0.05, 0.1) is 6.61 Å². The van der Waals surface area contributed by atoms with Gasteiger partial charge in [-0.2, -0.15) is 52.7 Å². The fourth-order valence-corrected chi connectivity index (χ4v) is 12.8. The van der Waals surface area contributed by atoms with Crippen molar-refractivity contribution in [1.82, 2.24) is 0 Å². The van der Waals surface area contributed by atoms with E-state index in [0.717, 1.165) is 88.5 Å². The zero-order valence-corrected chi connectivity index (χ0v) is 57.3. The molecule has 0 aliphatic rings. The van der Waals surface area contributed by atoms with Gasteiger partial charge in [0.15, 0.2) is 23.1 Å². The first-order chi connectivity index (χ1) is 51.5. The molecule has 0 amide bonds. The zero-order chi connectivity index (χ0) is 76.8. The normalized spacial score (nSPS) is 12.1. The van der Waals surface area contributed by atoms with Crippen LogP contribution >= 0.6 is 0 Å². The SMILES string of the molecule is Cc1ccc(C(=O)c2ccc(Oc3ccc(C(c4ccc(Oc5ccc(C(=O)c6ccc(CCCCOc7ccc(C(c8ccc(Oc9ccc(C(=O)c%10ccc(-c%11ccc(C)c(C(=O)c%12ccccc%12)c%11)cc%10)cc9)cc8)(C(F)(F)F)C(F)(F)F)cc7)cc6)cc5)cc4)(C(F)(F)F)C(F)(F)F)cc3)cc2)cc1. The molecular weight excluding hydrogens is 1410 g/mol. The summed E-state index contributed by atoms with van der Waals surface area (Å²) in [4.78, 5) is 53.2. The molecule has 0 aliphatic carbocycles. The summed E-state index contributed by atoms with van der Waals surface area (Å²) < 4.78 is 205. The minimum Gasteiger partial charge on any atom is -0.494 e. The number of benzene rings is 12. The predicted molar refractivity (Wildman–Crippen MR) is 384 cm³/mol. The van der Waals surface area contributed by atoms with E-state index in [1.54, 1.807) is 97.1 Å². The van der Waals surface area contributed by atoms with Gasteiger partial charge in [-0.1, -0.05) is 169 Å². The van der Waals surface area contributed by atoms with Gasteiger partial charge in [-0.3, -0.25) is 19.2 Å². The van der Waals surface area contributed by atoms with E-state index in [9.17, 15) is 19.2 Å². The van der Waals surface area contributed by atoms with Crippen LogP contribution < -0.4 is 18.9 Å². The lowest BCUT2D eigenvalue weighted by Crippen LogP contribution is -2.54. The van der Waals surface area contributed by atoms with E-state index >= 15 is 52.7 Å². The van der Waals surface area contributed by atoms with Crippen LogP contribution in [-0.2, 0) is 17.3 Å². The van der Waals surface area contributed by atoms with Crippen LogP contribution in [0.1, 0.15) is 115 Å². The molecule has 0 heterocycles. The van der Waals surface area contributed by atoms with Gasteiger partial charge < -0.3 is 18.9 Å². The molecule has 0 saturated carbocycles. The van der Waals surface area contributed by atoms with Crippen LogP contribution in [0.4, 0.5) is 52.7 Å². The van der Waals surface area contributed by atoms with Gasteiger partial charge >= 0.3 is 24.7 Å². The summed E-state index contributed by atoms with van der Waals surface area (Å²) in [5.74, 6) is -0.887. The van der Waals surface area contributed by atoms with Gasteiger partial charge in [-0.25, -0.2) is 0 Å². The van der Waals surface area contributed by atoms with Gasteiger partial charge in [0.1, 0.15) is 40.2 Å². The number of hydrogen-bond donors (Lipinski definition) is 0. The van der Waals surface area contributed by atoms with E-state index in [0.29, 0.717) is 89.0 Å². The summed E-state index contributed by atoms with van der Waals surface area (Å²) in [6.07, 6.45) is -22.1. The number of rotatable bonds is 25. The van der Waals surface area contributed by atoms with Gasteiger partial charge in [0.2, 0.25) is 10.8 Å². The van der Waals surface area contributed by atoms with E-state index in [2.05, 4.69) is 0 Å². The van der Waals surface area contributed by atoms with Crippen LogP contribution in [0.2, 0.25) is 0 Å². The monoisotopic (exact) mass is 1470 g/mol. The second kappa shape index (κ2) is 31.0. The summed E-state index contributed by atoms with van der Waals surface area (Å²) in [5, 5.41) is 0. The number of carbonyl (C=O) groups excluding carboxylic acids is 4. The number of ketones is 4. The standard InChI is InChI=1S/C88H62F12O8/c1-55-11-16-60(17-12-55)79(101)63-25-39-72(40-26-63)106-76-49-35-69(36-50-76)84(87(95,96)97,88(98,99)100)70-37-51-77(52-38-70)107-73-41-27-64(28-42-73)80(102)61-19-14-57(15-20-61)8-6-7-53-105-71-45-31-67(32-46-71)83(85(89,90)91,86(92,93)94)68-33-47-75(48-34-68)108-74-43-29-65(30-44-74)81(103)62-23-21-58(22-24-62)66-18-13-56(2)78(54-66)82(104)59-9-4-3-5-10-59/h3-5,9-52,54H,6-8,53H2,1-2H3. The van der Waals surface area contributed by atoms with Crippen molar-refractivity contribution in [2.45, 2.75) is 68.6 Å². The number of ether oxygens (including phenoxy) is 4. The highest BCUT2D eigenvalue weighted by Gasteiger charge is 2.73. The molecule has 0 bridgehead atoms. The molecule has 12 aromatic carbocycles. The molecule has 546 valence electrons. The molecule has 0 atom stereocenters. The first kappa shape index (κ1) is 75.4. The van der Waals surface area contributed by atoms with Crippen LogP contribution in [-0.4, -0.2) is 54.4 Å². The number of unbranched alkanes of at least 4 members (excludes halogenated alkanes) is 1. The second-order valence-corrected chi connectivity index (χ2v) is 25.6. The van der Waals surface area contributed by atoms with Crippen molar-refractivity contribution in [3.8, 4) is 51.4 Å². The largest absolute Gasteiger partial charge is 0.494 e. The minimum absolute atomic E-state index is 0.0248. The van der Waals surface area contributed by atoms with Gasteiger partial charge in [-0.05, 0) is 205 Å². The molecular formula is C88H62F12O8. The van der Waals surface area contributed by atoms with Crippen molar-refractivity contribution < 1.29 is 90.8 Å². The quantitative estimate of drug-likeness (QED) is 0.0317. The Kier molecular flexibility index (Phi) is 21.6. The lowest BCUT2D eigenvalue weighted by Gasteiger charge is -2.38. The average molecular weight is 1480 g/mol. The number of alkyl halides is 12. The molecule has 0 spiro atoms. The van der Waals surface area contributed by atoms with Crippen LogP contribution in [0.3, 0.4) is 0 Å². The van der Waals surface area contributed by atoms with Crippen molar-refractivity contribution in [3.05, 3.63) is 375 Å². The summed E-state index contributed by atoms with van der Waals surface area (Å²) in [7, 11) is 0. The Balaban J connectivity index is 0.611. The third-order valence-corrected chi connectivity index (χ3v) is 18.6. The van der Waals surface area contributed by atoms with Crippen LogP contribution in [0.15, 0.2) is 291 Å². The summed E-state index contributed by atoms with van der Waals surface area (Å²) in [6.45, 7) is 3.79. The Bertz CT molecular complexity index is 5130. The van der Waals surface area contributed by atoms with Gasteiger partial charge in [0, 0.05) is 44.5 Å². The third-order valence-electron chi connectivity index (χ3n) is 18.6. The molecule has 0 N–H and O–H groups in total. The van der Waals surface area contributed by atoms with E-state index < -0.39 is 57.8 Å². The molecule has 20 heteroatoms. The van der Waals surface area contributed by atoms with Crippen LogP contribution in [0, 0.1) is 13.8 Å². The summed E-state index contributed by atoms with van der Waals surface area (Å²) in [5.41, 5.74) is -6.21. The molecule has 108 heavy (non-hydrogen) atoms. The maximum absolute atomic E-state index is 15.2. The molecule has 8 nitrogen and oxygen atoms in total. The molecule has 0 aliphatic heterocycles. The van der Waals surface area contributed by atoms with Gasteiger partial charge in [0.25, 0.3) is 0 Å². The molecule has 0 fully saturated rings. The maximum Gasteiger partial charge on any atom is 0.411 e. The highest BCUT2D eigenvalue weighted by molar-refractivity contribution is 6.12. The maximum atomic E-state index is 15.2.